The van der Waals surface area contributed by atoms with E-state index in [1.54, 1.807) is 20.0 Å². The fraction of sp³-hybridized carbons (Fsp3) is 0.238. The number of hydrogen-bond donors (Lipinski definition) is 0. The number of rotatable bonds is 4. The minimum Gasteiger partial charge on any atom is -0.479 e. The van der Waals surface area contributed by atoms with Crippen LogP contribution in [0.15, 0.2) is 48.0 Å². The molecule has 0 spiro atoms. The number of nitrogens with zero attached hydrogens (tertiary/aromatic N) is 3. The first-order chi connectivity index (χ1) is 13.5. The summed E-state index contributed by atoms with van der Waals surface area (Å²) in [5, 5.41) is 2.78. The molecule has 1 aliphatic heterocycles. The number of carbonyl (C=O) groups excluding carboxylic acids is 2. The van der Waals surface area contributed by atoms with Crippen molar-refractivity contribution in [1.29, 1.82) is 0 Å². The Bertz CT molecular complexity index is 1050. The van der Waals surface area contributed by atoms with E-state index in [-0.39, 0.29) is 11.7 Å². The maximum absolute atomic E-state index is 12.7. The first kappa shape index (κ1) is 18.3. The number of ketones is 1. The number of amides is 1. The maximum Gasteiger partial charge on any atom is 0.268 e. The maximum atomic E-state index is 12.7. The highest BCUT2D eigenvalue weighted by molar-refractivity contribution is 7.13. The Labute approximate surface area is 166 Å². The van der Waals surface area contributed by atoms with Crippen LogP contribution in [0.25, 0.3) is 22.0 Å². The summed E-state index contributed by atoms with van der Waals surface area (Å²) in [6.45, 7) is 4.91. The molecule has 3 heterocycles. The third kappa shape index (κ3) is 3.18. The summed E-state index contributed by atoms with van der Waals surface area (Å²) in [5.74, 6) is 0.286. The Kier molecular flexibility index (Phi) is 4.68. The van der Waals surface area contributed by atoms with E-state index < -0.39 is 12.1 Å². The molecule has 142 valence electrons. The molecule has 7 heteroatoms. The number of fused-ring (bicyclic) bond motifs is 1. The van der Waals surface area contributed by atoms with Crippen molar-refractivity contribution >= 4 is 28.7 Å². The number of anilines is 1. The van der Waals surface area contributed by atoms with Crippen molar-refractivity contribution in [2.24, 2.45) is 0 Å². The van der Waals surface area contributed by atoms with Crippen molar-refractivity contribution in [3.05, 3.63) is 48.0 Å². The molecule has 0 radical (unpaired) electrons. The third-order valence-corrected chi connectivity index (χ3v) is 5.63. The highest BCUT2D eigenvalue weighted by Gasteiger charge is 2.36. The van der Waals surface area contributed by atoms with Crippen LogP contribution in [-0.4, -0.2) is 33.8 Å². The average Bonchev–Trinajstić information content (AvgIpc) is 3.19. The lowest BCUT2D eigenvalue weighted by Gasteiger charge is -2.36. The van der Waals surface area contributed by atoms with Gasteiger partial charge in [-0.1, -0.05) is 6.07 Å². The number of Topliss-reactive ketones (excluding diaryl/α,β-unsaturated/α-hetero) is 1. The molecule has 2 aromatic heterocycles. The molecule has 0 saturated carbocycles. The molecule has 0 N–H and O–H groups in total. The lowest BCUT2D eigenvalue weighted by Crippen LogP contribution is -2.51. The first-order valence-electron chi connectivity index (χ1n) is 8.97. The molecule has 3 aromatic rings. The Morgan fingerprint density at radius 1 is 1.25 bits per heavy atom. The van der Waals surface area contributed by atoms with Crippen molar-refractivity contribution in [2.45, 2.75) is 32.9 Å². The van der Waals surface area contributed by atoms with Crippen LogP contribution in [0.4, 0.5) is 5.69 Å². The second-order valence-electron chi connectivity index (χ2n) is 6.69. The van der Waals surface area contributed by atoms with Crippen molar-refractivity contribution < 1.29 is 14.3 Å². The zero-order chi connectivity index (χ0) is 19.8. The van der Waals surface area contributed by atoms with E-state index in [1.165, 1.54) is 23.2 Å². The van der Waals surface area contributed by atoms with Crippen LogP contribution in [0.3, 0.4) is 0 Å². The number of aromatic nitrogens is 2. The van der Waals surface area contributed by atoms with Crippen molar-refractivity contribution in [1.82, 2.24) is 9.97 Å². The van der Waals surface area contributed by atoms with E-state index in [0.717, 1.165) is 22.0 Å². The molecule has 0 saturated heterocycles. The van der Waals surface area contributed by atoms with Crippen molar-refractivity contribution in [2.75, 3.05) is 4.90 Å². The lowest BCUT2D eigenvalue weighted by molar-refractivity contribution is -0.128. The van der Waals surface area contributed by atoms with Gasteiger partial charge >= 0.3 is 0 Å². The molecule has 0 bridgehead atoms. The van der Waals surface area contributed by atoms with Crippen LogP contribution >= 0.6 is 11.3 Å². The summed E-state index contributed by atoms with van der Waals surface area (Å²) >= 11 is 1.51. The van der Waals surface area contributed by atoms with Crippen LogP contribution in [0, 0.1) is 0 Å². The summed E-state index contributed by atoms with van der Waals surface area (Å²) in [6, 6.07) is 10.7. The van der Waals surface area contributed by atoms with Gasteiger partial charge in [0.15, 0.2) is 11.9 Å². The van der Waals surface area contributed by atoms with Gasteiger partial charge in [0.2, 0.25) is 0 Å². The number of hydrogen-bond acceptors (Lipinski definition) is 6. The topological polar surface area (TPSA) is 72.4 Å². The molecule has 2 atom stereocenters. The van der Waals surface area contributed by atoms with Crippen LogP contribution in [0.1, 0.15) is 20.8 Å². The van der Waals surface area contributed by atoms with Gasteiger partial charge in [0.1, 0.15) is 10.8 Å². The van der Waals surface area contributed by atoms with Crippen LogP contribution < -0.4 is 9.64 Å². The van der Waals surface area contributed by atoms with Gasteiger partial charge < -0.3 is 4.74 Å². The molecule has 1 aliphatic rings. The van der Waals surface area contributed by atoms with Gasteiger partial charge in [-0.25, -0.2) is 4.98 Å². The SMILES string of the molecule is CC(=O)C(C)N1C(=O)C(C)Oc2ccc(-c3csc(-c4ccccn4)n3)cc21. The van der Waals surface area contributed by atoms with Gasteiger partial charge in [-0.15, -0.1) is 11.3 Å². The molecule has 0 aliphatic carbocycles. The zero-order valence-electron chi connectivity index (χ0n) is 15.7. The van der Waals surface area contributed by atoms with E-state index in [0.29, 0.717) is 11.4 Å². The number of ether oxygens (including phenoxy) is 1. The van der Waals surface area contributed by atoms with Crippen molar-refractivity contribution in [3.8, 4) is 27.7 Å². The first-order valence-corrected chi connectivity index (χ1v) is 9.85. The highest BCUT2D eigenvalue weighted by atomic mass is 32.1. The van der Waals surface area contributed by atoms with Crippen LogP contribution in [0.2, 0.25) is 0 Å². The summed E-state index contributed by atoms with van der Waals surface area (Å²) in [5.41, 5.74) is 3.05. The number of pyridine rings is 1. The summed E-state index contributed by atoms with van der Waals surface area (Å²) in [6.07, 6.45) is 1.11. The zero-order valence-corrected chi connectivity index (χ0v) is 16.6. The van der Waals surface area contributed by atoms with Gasteiger partial charge in [-0.3, -0.25) is 19.5 Å². The van der Waals surface area contributed by atoms with E-state index in [1.807, 2.05) is 41.8 Å². The molecule has 1 aromatic carbocycles. The Morgan fingerprint density at radius 2 is 2.07 bits per heavy atom. The minimum absolute atomic E-state index is 0.0788. The Morgan fingerprint density at radius 3 is 2.79 bits per heavy atom. The molecule has 0 fully saturated rings. The largest absolute Gasteiger partial charge is 0.479 e. The van der Waals surface area contributed by atoms with Gasteiger partial charge in [-0.2, -0.15) is 0 Å². The minimum atomic E-state index is -0.629. The molecule has 1 amide bonds. The predicted molar refractivity (Wildman–Crippen MR) is 109 cm³/mol. The number of thiazole rings is 1. The van der Waals surface area contributed by atoms with Crippen LogP contribution in [0.5, 0.6) is 5.75 Å². The normalized spacial score (nSPS) is 17.0. The van der Waals surface area contributed by atoms with Gasteiger partial charge in [0.25, 0.3) is 5.91 Å². The second-order valence-corrected chi connectivity index (χ2v) is 7.55. The van der Waals surface area contributed by atoms with E-state index in [4.69, 9.17) is 4.74 Å². The highest BCUT2D eigenvalue weighted by Crippen LogP contribution is 2.39. The fourth-order valence-corrected chi connectivity index (χ4v) is 3.92. The summed E-state index contributed by atoms with van der Waals surface area (Å²) < 4.78 is 5.74. The monoisotopic (exact) mass is 393 g/mol. The number of benzene rings is 1. The summed E-state index contributed by atoms with van der Waals surface area (Å²) in [4.78, 5) is 35.2. The molecule has 28 heavy (non-hydrogen) atoms. The molecular weight excluding hydrogens is 374 g/mol. The third-order valence-electron chi connectivity index (χ3n) is 4.77. The quantitative estimate of drug-likeness (QED) is 0.671. The Hall–Kier alpha value is -3.06. The van der Waals surface area contributed by atoms with E-state index in [2.05, 4.69) is 9.97 Å². The van der Waals surface area contributed by atoms with Crippen molar-refractivity contribution in [3.63, 3.8) is 0 Å². The van der Waals surface area contributed by atoms with E-state index in [9.17, 15) is 9.59 Å². The number of carbonyl (C=O) groups is 2. The second kappa shape index (κ2) is 7.16. The smallest absolute Gasteiger partial charge is 0.268 e. The summed E-state index contributed by atoms with van der Waals surface area (Å²) in [7, 11) is 0. The molecule has 4 rings (SSSR count). The Balaban J connectivity index is 1.75. The van der Waals surface area contributed by atoms with Gasteiger partial charge in [0.05, 0.1) is 23.1 Å². The van der Waals surface area contributed by atoms with Crippen LogP contribution in [-0.2, 0) is 9.59 Å². The lowest BCUT2D eigenvalue weighted by atomic mass is 10.1. The average molecular weight is 393 g/mol. The van der Waals surface area contributed by atoms with Gasteiger partial charge in [0, 0.05) is 17.1 Å². The van der Waals surface area contributed by atoms with E-state index >= 15 is 0 Å². The molecular formula is C21H19N3O3S. The predicted octanol–water partition coefficient (Wildman–Crippen LogP) is 3.96. The standard InChI is InChI=1S/C21H19N3O3S/c1-12(13(2)25)24-18-10-15(7-8-19(18)27-14(3)21(24)26)17-11-28-20(23-17)16-6-4-5-9-22-16/h4-12,14H,1-3H3. The van der Waals surface area contributed by atoms with Gasteiger partial charge in [-0.05, 0) is 51.1 Å². The molecule has 2 unspecified atom stereocenters. The fourth-order valence-electron chi connectivity index (χ4n) is 3.11. The molecule has 6 nitrogen and oxygen atoms in total.